The SMILES string of the molecule is C[C@H](C(=O)N1CCN(c2ncccn2)CC1)N1C(=O)[C@@H]2CC=CC[C@H]2C1=O. The van der Waals surface area contributed by atoms with E-state index >= 15 is 0 Å². The Bertz CT molecular complexity index is 747. The van der Waals surface area contributed by atoms with E-state index in [4.69, 9.17) is 0 Å². The summed E-state index contributed by atoms with van der Waals surface area (Å²) in [7, 11) is 0. The van der Waals surface area contributed by atoms with Crippen LogP contribution in [-0.4, -0.2) is 69.7 Å². The number of amides is 3. The summed E-state index contributed by atoms with van der Waals surface area (Å²) in [6.07, 6.45) is 8.47. The molecule has 3 atom stereocenters. The third kappa shape index (κ3) is 3.09. The summed E-state index contributed by atoms with van der Waals surface area (Å²) in [4.78, 5) is 51.8. The molecule has 8 nitrogen and oxygen atoms in total. The van der Waals surface area contributed by atoms with E-state index in [-0.39, 0.29) is 29.6 Å². The van der Waals surface area contributed by atoms with Crippen LogP contribution in [0.15, 0.2) is 30.6 Å². The van der Waals surface area contributed by atoms with Gasteiger partial charge in [-0.05, 0) is 25.8 Å². The first kappa shape index (κ1) is 17.6. The summed E-state index contributed by atoms with van der Waals surface area (Å²) in [5.74, 6) is -0.524. The molecule has 2 fully saturated rings. The number of likely N-dealkylation sites (tertiary alicyclic amines) is 1. The fourth-order valence-electron chi connectivity index (χ4n) is 4.16. The molecule has 1 aliphatic carbocycles. The molecule has 0 saturated carbocycles. The topological polar surface area (TPSA) is 86.7 Å². The maximum Gasteiger partial charge on any atom is 0.245 e. The highest BCUT2D eigenvalue weighted by atomic mass is 16.2. The number of anilines is 1. The van der Waals surface area contributed by atoms with Gasteiger partial charge in [-0.25, -0.2) is 9.97 Å². The summed E-state index contributed by atoms with van der Waals surface area (Å²) in [6, 6.07) is 1.01. The lowest BCUT2D eigenvalue weighted by atomic mass is 9.85. The Hall–Kier alpha value is -2.77. The molecule has 2 saturated heterocycles. The van der Waals surface area contributed by atoms with Crippen LogP contribution in [0.3, 0.4) is 0 Å². The van der Waals surface area contributed by atoms with Crippen molar-refractivity contribution in [2.45, 2.75) is 25.8 Å². The Morgan fingerprint density at radius 1 is 1.00 bits per heavy atom. The number of carbonyl (C=O) groups is 3. The van der Waals surface area contributed by atoms with E-state index < -0.39 is 6.04 Å². The summed E-state index contributed by atoms with van der Waals surface area (Å²) in [6.45, 7) is 3.95. The van der Waals surface area contributed by atoms with Crippen LogP contribution in [0.5, 0.6) is 0 Å². The average Bonchev–Trinajstić information content (AvgIpc) is 2.98. The molecule has 142 valence electrons. The second-order valence-electron chi connectivity index (χ2n) is 7.24. The lowest BCUT2D eigenvalue weighted by Crippen LogP contribution is -2.55. The summed E-state index contributed by atoms with van der Waals surface area (Å²) in [5, 5.41) is 0. The largest absolute Gasteiger partial charge is 0.337 e. The molecular formula is C19H23N5O3. The van der Waals surface area contributed by atoms with E-state index in [1.807, 2.05) is 17.1 Å². The fourth-order valence-corrected chi connectivity index (χ4v) is 4.16. The molecule has 1 aromatic heterocycles. The van der Waals surface area contributed by atoms with E-state index in [2.05, 4.69) is 9.97 Å². The van der Waals surface area contributed by atoms with Crippen LogP contribution >= 0.6 is 0 Å². The van der Waals surface area contributed by atoms with E-state index in [0.717, 1.165) is 0 Å². The number of piperazine rings is 1. The normalized spacial score (nSPS) is 26.3. The van der Waals surface area contributed by atoms with Crippen LogP contribution in [0.1, 0.15) is 19.8 Å². The third-order valence-electron chi connectivity index (χ3n) is 5.71. The van der Waals surface area contributed by atoms with Crippen molar-refractivity contribution < 1.29 is 14.4 Å². The van der Waals surface area contributed by atoms with Crippen LogP contribution in [0, 0.1) is 11.8 Å². The number of carbonyl (C=O) groups excluding carboxylic acids is 3. The third-order valence-corrected chi connectivity index (χ3v) is 5.71. The van der Waals surface area contributed by atoms with Gasteiger partial charge in [0.05, 0.1) is 11.8 Å². The Labute approximate surface area is 157 Å². The zero-order chi connectivity index (χ0) is 19.0. The van der Waals surface area contributed by atoms with Crippen LogP contribution in [0.25, 0.3) is 0 Å². The van der Waals surface area contributed by atoms with Crippen molar-refractivity contribution in [3.63, 3.8) is 0 Å². The second-order valence-corrected chi connectivity index (χ2v) is 7.24. The van der Waals surface area contributed by atoms with Crippen LogP contribution in [0.4, 0.5) is 5.95 Å². The summed E-state index contributed by atoms with van der Waals surface area (Å²) >= 11 is 0. The van der Waals surface area contributed by atoms with Crippen molar-refractivity contribution in [2.24, 2.45) is 11.8 Å². The standard InChI is InChI=1S/C19H23N5O3/c1-13(24-17(26)14-5-2-3-6-15(14)18(24)27)16(25)22-9-11-23(12-10-22)19-20-7-4-8-21-19/h2-4,7-8,13-15H,5-6,9-12H2,1H3/t13-,14-,15-/m1/s1. The van der Waals surface area contributed by atoms with Gasteiger partial charge in [0.2, 0.25) is 23.7 Å². The van der Waals surface area contributed by atoms with E-state index in [9.17, 15) is 14.4 Å². The fraction of sp³-hybridized carbons (Fsp3) is 0.526. The monoisotopic (exact) mass is 369 g/mol. The highest BCUT2D eigenvalue weighted by Gasteiger charge is 2.50. The number of allylic oxidation sites excluding steroid dienone is 2. The van der Waals surface area contributed by atoms with Crippen molar-refractivity contribution in [2.75, 3.05) is 31.1 Å². The minimum absolute atomic E-state index is 0.170. The molecule has 0 radical (unpaired) electrons. The van der Waals surface area contributed by atoms with Crippen molar-refractivity contribution >= 4 is 23.7 Å². The molecule has 3 amide bonds. The Balaban J connectivity index is 1.40. The maximum absolute atomic E-state index is 12.9. The minimum atomic E-state index is -0.755. The van der Waals surface area contributed by atoms with E-state index in [1.165, 1.54) is 4.90 Å². The summed E-state index contributed by atoms with van der Waals surface area (Å²) in [5.41, 5.74) is 0. The van der Waals surface area contributed by atoms with Crippen molar-refractivity contribution in [3.05, 3.63) is 30.6 Å². The van der Waals surface area contributed by atoms with Crippen LogP contribution < -0.4 is 4.90 Å². The van der Waals surface area contributed by atoms with Gasteiger partial charge in [-0.1, -0.05) is 12.2 Å². The van der Waals surface area contributed by atoms with Crippen molar-refractivity contribution in [3.8, 4) is 0 Å². The molecule has 27 heavy (non-hydrogen) atoms. The first-order chi connectivity index (χ1) is 13.1. The van der Waals surface area contributed by atoms with Gasteiger partial charge in [0.1, 0.15) is 6.04 Å². The highest BCUT2D eigenvalue weighted by Crippen LogP contribution is 2.36. The number of rotatable bonds is 3. The second kappa shape index (κ2) is 7.09. The summed E-state index contributed by atoms with van der Waals surface area (Å²) < 4.78 is 0. The van der Waals surface area contributed by atoms with E-state index in [0.29, 0.717) is 45.0 Å². The first-order valence-corrected chi connectivity index (χ1v) is 9.40. The molecule has 0 bridgehead atoms. The smallest absolute Gasteiger partial charge is 0.245 e. The maximum atomic E-state index is 12.9. The quantitative estimate of drug-likeness (QED) is 0.568. The first-order valence-electron chi connectivity index (χ1n) is 9.40. The van der Waals surface area contributed by atoms with Gasteiger partial charge < -0.3 is 9.80 Å². The van der Waals surface area contributed by atoms with Gasteiger partial charge in [0.15, 0.2) is 0 Å². The molecule has 3 aliphatic rings. The minimum Gasteiger partial charge on any atom is -0.337 e. The van der Waals surface area contributed by atoms with Gasteiger partial charge >= 0.3 is 0 Å². The number of hydrogen-bond acceptors (Lipinski definition) is 6. The lowest BCUT2D eigenvalue weighted by molar-refractivity contribution is -0.151. The molecule has 8 heteroatoms. The predicted octanol–water partition coefficient (Wildman–Crippen LogP) is 0.465. The van der Waals surface area contributed by atoms with Crippen molar-refractivity contribution in [1.29, 1.82) is 0 Å². The van der Waals surface area contributed by atoms with Gasteiger partial charge in [-0.15, -0.1) is 0 Å². The molecule has 2 aliphatic heterocycles. The average molecular weight is 369 g/mol. The number of hydrogen-bond donors (Lipinski definition) is 0. The zero-order valence-corrected chi connectivity index (χ0v) is 15.3. The molecule has 0 aromatic carbocycles. The van der Waals surface area contributed by atoms with Gasteiger partial charge in [-0.3, -0.25) is 19.3 Å². The number of aromatic nitrogens is 2. The molecule has 0 N–H and O–H groups in total. The van der Waals surface area contributed by atoms with Gasteiger partial charge in [0, 0.05) is 38.6 Å². The molecule has 4 rings (SSSR count). The number of imide groups is 1. The zero-order valence-electron chi connectivity index (χ0n) is 15.3. The molecule has 1 aromatic rings. The Kier molecular flexibility index (Phi) is 4.63. The molecule has 0 spiro atoms. The lowest BCUT2D eigenvalue weighted by Gasteiger charge is -2.37. The Morgan fingerprint density at radius 3 is 2.11 bits per heavy atom. The molecule has 3 heterocycles. The van der Waals surface area contributed by atoms with Crippen LogP contribution in [0.2, 0.25) is 0 Å². The van der Waals surface area contributed by atoms with E-state index in [1.54, 1.807) is 30.3 Å². The Morgan fingerprint density at radius 2 is 1.56 bits per heavy atom. The molecular weight excluding hydrogens is 346 g/mol. The van der Waals surface area contributed by atoms with Gasteiger partial charge in [-0.2, -0.15) is 0 Å². The number of fused-ring (bicyclic) bond motifs is 1. The highest BCUT2D eigenvalue weighted by molar-refractivity contribution is 6.08. The number of nitrogens with zero attached hydrogens (tertiary/aromatic N) is 5. The molecule has 0 unspecified atom stereocenters. The van der Waals surface area contributed by atoms with Crippen molar-refractivity contribution in [1.82, 2.24) is 19.8 Å². The van der Waals surface area contributed by atoms with Gasteiger partial charge in [0.25, 0.3) is 0 Å². The van der Waals surface area contributed by atoms with Crippen LogP contribution in [-0.2, 0) is 14.4 Å². The predicted molar refractivity (Wildman–Crippen MR) is 97.5 cm³/mol.